The Bertz CT molecular complexity index is 1010. The molecule has 0 aromatic carbocycles. The molecule has 0 amide bonds. The molecule has 26 heavy (non-hydrogen) atoms. The largest absolute Gasteiger partial charge is 0.355 e. The number of anilines is 1. The van der Waals surface area contributed by atoms with Crippen LogP contribution < -0.4 is 10.5 Å². The second-order valence-electron chi connectivity index (χ2n) is 8.00. The number of hydrogen-bond donors (Lipinski definition) is 0. The van der Waals surface area contributed by atoms with Crippen LogP contribution in [0, 0.1) is 5.92 Å². The van der Waals surface area contributed by atoms with E-state index in [4.69, 9.17) is 0 Å². The summed E-state index contributed by atoms with van der Waals surface area (Å²) in [6, 6.07) is 3.44. The SMILES string of the molecule is Cn1cc2c(N3CC(Cn4nc(C(C)(C)C)ccc4=O)C3)ncnc2n1. The predicted molar refractivity (Wildman–Crippen MR) is 99.2 cm³/mol. The number of aromatic nitrogens is 6. The summed E-state index contributed by atoms with van der Waals surface area (Å²) in [4.78, 5) is 23.0. The van der Waals surface area contributed by atoms with Crippen molar-refractivity contribution in [2.24, 2.45) is 13.0 Å². The van der Waals surface area contributed by atoms with Gasteiger partial charge in [0.15, 0.2) is 5.65 Å². The van der Waals surface area contributed by atoms with Crippen molar-refractivity contribution in [3.05, 3.63) is 40.7 Å². The second kappa shape index (κ2) is 5.89. The van der Waals surface area contributed by atoms with Crippen molar-refractivity contribution in [2.45, 2.75) is 32.7 Å². The smallest absolute Gasteiger partial charge is 0.266 e. The highest BCUT2D eigenvalue weighted by atomic mass is 16.1. The Morgan fingerprint density at radius 3 is 2.65 bits per heavy atom. The van der Waals surface area contributed by atoms with Gasteiger partial charge in [-0.25, -0.2) is 14.6 Å². The molecule has 0 bridgehead atoms. The molecule has 1 saturated heterocycles. The van der Waals surface area contributed by atoms with E-state index in [0.717, 1.165) is 30.0 Å². The van der Waals surface area contributed by atoms with Gasteiger partial charge in [0.2, 0.25) is 0 Å². The van der Waals surface area contributed by atoms with Gasteiger partial charge in [-0.05, 0) is 6.07 Å². The summed E-state index contributed by atoms with van der Waals surface area (Å²) < 4.78 is 3.35. The van der Waals surface area contributed by atoms with Crippen molar-refractivity contribution < 1.29 is 0 Å². The minimum atomic E-state index is -0.0754. The molecule has 1 aliphatic rings. The summed E-state index contributed by atoms with van der Waals surface area (Å²) >= 11 is 0. The molecule has 0 saturated carbocycles. The topological polar surface area (TPSA) is 81.7 Å². The van der Waals surface area contributed by atoms with Gasteiger partial charge in [-0.1, -0.05) is 20.8 Å². The number of fused-ring (bicyclic) bond motifs is 1. The fourth-order valence-corrected chi connectivity index (χ4v) is 3.27. The fourth-order valence-electron chi connectivity index (χ4n) is 3.27. The number of rotatable bonds is 3. The molecule has 0 spiro atoms. The Kier molecular flexibility index (Phi) is 3.78. The molecule has 4 rings (SSSR count). The highest BCUT2D eigenvalue weighted by Crippen LogP contribution is 2.29. The van der Waals surface area contributed by atoms with Crippen LogP contribution in [0.25, 0.3) is 11.0 Å². The molecule has 0 unspecified atom stereocenters. The van der Waals surface area contributed by atoms with Crippen molar-refractivity contribution >= 4 is 16.9 Å². The molecule has 1 aliphatic heterocycles. The van der Waals surface area contributed by atoms with Crippen molar-refractivity contribution in [3.8, 4) is 0 Å². The minimum absolute atomic E-state index is 0.0480. The van der Waals surface area contributed by atoms with Crippen LogP contribution in [0.3, 0.4) is 0 Å². The first-order valence-electron chi connectivity index (χ1n) is 8.79. The molecule has 8 nitrogen and oxygen atoms in total. The van der Waals surface area contributed by atoms with Crippen molar-refractivity contribution in [2.75, 3.05) is 18.0 Å². The first kappa shape index (κ1) is 16.7. The van der Waals surface area contributed by atoms with Crippen LogP contribution in [-0.2, 0) is 19.0 Å². The summed E-state index contributed by atoms with van der Waals surface area (Å²) in [6.07, 6.45) is 3.49. The Labute approximate surface area is 151 Å². The molecular formula is C18H23N7O. The lowest BCUT2D eigenvalue weighted by Gasteiger charge is -2.40. The zero-order valence-corrected chi connectivity index (χ0v) is 15.5. The van der Waals surface area contributed by atoms with Crippen LogP contribution in [0.4, 0.5) is 5.82 Å². The Morgan fingerprint density at radius 2 is 1.92 bits per heavy atom. The highest BCUT2D eigenvalue weighted by molar-refractivity contribution is 5.86. The molecule has 0 aliphatic carbocycles. The maximum atomic E-state index is 12.2. The number of hydrogen-bond acceptors (Lipinski definition) is 6. The van der Waals surface area contributed by atoms with E-state index in [1.807, 2.05) is 19.3 Å². The van der Waals surface area contributed by atoms with Gasteiger partial charge in [0, 0.05) is 43.7 Å². The summed E-state index contributed by atoms with van der Waals surface area (Å²) in [5.41, 5.74) is 1.51. The average Bonchev–Trinajstić information content (AvgIpc) is 2.91. The molecule has 3 aromatic heterocycles. The standard InChI is InChI=1S/C18H23N7O/c1-18(2,3)14-5-6-15(26)25(21-14)9-12-7-24(8-12)17-13-10-23(4)22-16(13)19-11-20-17/h5-6,10-12H,7-9H2,1-4H3. The van der Waals surface area contributed by atoms with Gasteiger partial charge in [0.05, 0.1) is 17.6 Å². The van der Waals surface area contributed by atoms with E-state index in [-0.39, 0.29) is 11.0 Å². The maximum absolute atomic E-state index is 12.2. The molecule has 1 fully saturated rings. The van der Waals surface area contributed by atoms with Gasteiger partial charge in [-0.15, -0.1) is 0 Å². The van der Waals surface area contributed by atoms with E-state index in [0.29, 0.717) is 18.1 Å². The third-order valence-electron chi connectivity index (χ3n) is 4.73. The van der Waals surface area contributed by atoms with E-state index < -0.39 is 0 Å². The predicted octanol–water partition coefficient (Wildman–Crippen LogP) is 1.35. The van der Waals surface area contributed by atoms with Crippen molar-refractivity contribution in [1.82, 2.24) is 29.5 Å². The van der Waals surface area contributed by atoms with Crippen LogP contribution in [0.2, 0.25) is 0 Å². The Balaban J connectivity index is 1.50. The van der Waals surface area contributed by atoms with Gasteiger partial charge in [-0.3, -0.25) is 9.48 Å². The third-order valence-corrected chi connectivity index (χ3v) is 4.73. The third kappa shape index (κ3) is 2.95. The van der Waals surface area contributed by atoms with Gasteiger partial charge in [-0.2, -0.15) is 10.2 Å². The van der Waals surface area contributed by atoms with Crippen LogP contribution in [-0.4, -0.2) is 42.6 Å². The van der Waals surface area contributed by atoms with Crippen LogP contribution in [0.15, 0.2) is 29.5 Å². The van der Waals surface area contributed by atoms with Gasteiger partial charge in [0.1, 0.15) is 12.1 Å². The monoisotopic (exact) mass is 353 g/mol. The number of aryl methyl sites for hydroxylation is 1. The van der Waals surface area contributed by atoms with Crippen LogP contribution in [0.1, 0.15) is 26.5 Å². The van der Waals surface area contributed by atoms with E-state index in [2.05, 4.69) is 45.8 Å². The zero-order chi connectivity index (χ0) is 18.5. The van der Waals surface area contributed by atoms with Crippen molar-refractivity contribution in [3.63, 3.8) is 0 Å². The Morgan fingerprint density at radius 1 is 1.15 bits per heavy atom. The molecule has 4 heterocycles. The average molecular weight is 353 g/mol. The Hall–Kier alpha value is -2.77. The van der Waals surface area contributed by atoms with Gasteiger partial charge < -0.3 is 4.90 Å². The maximum Gasteiger partial charge on any atom is 0.266 e. The summed E-state index contributed by atoms with van der Waals surface area (Å²) in [5, 5.41) is 9.85. The van der Waals surface area contributed by atoms with Gasteiger partial charge >= 0.3 is 0 Å². The highest BCUT2D eigenvalue weighted by Gasteiger charge is 2.30. The second-order valence-corrected chi connectivity index (χ2v) is 8.00. The first-order valence-corrected chi connectivity index (χ1v) is 8.79. The van der Waals surface area contributed by atoms with Crippen LogP contribution >= 0.6 is 0 Å². The molecule has 0 N–H and O–H groups in total. The lowest BCUT2D eigenvalue weighted by Crippen LogP contribution is -2.50. The van der Waals surface area contributed by atoms with Gasteiger partial charge in [0.25, 0.3) is 5.56 Å². The fraction of sp³-hybridized carbons (Fsp3) is 0.500. The summed E-state index contributed by atoms with van der Waals surface area (Å²) in [5.74, 6) is 1.28. The summed E-state index contributed by atoms with van der Waals surface area (Å²) in [7, 11) is 1.88. The number of nitrogens with zero attached hydrogens (tertiary/aromatic N) is 7. The molecule has 0 radical (unpaired) electrons. The van der Waals surface area contributed by atoms with E-state index in [1.54, 1.807) is 21.8 Å². The molecule has 8 heteroatoms. The van der Waals surface area contributed by atoms with E-state index >= 15 is 0 Å². The zero-order valence-electron chi connectivity index (χ0n) is 15.5. The van der Waals surface area contributed by atoms with Crippen LogP contribution in [0.5, 0.6) is 0 Å². The molecule has 0 atom stereocenters. The lowest BCUT2D eigenvalue weighted by atomic mass is 9.92. The lowest BCUT2D eigenvalue weighted by molar-refractivity contribution is 0.328. The molecular weight excluding hydrogens is 330 g/mol. The molecule has 3 aromatic rings. The van der Waals surface area contributed by atoms with Crippen molar-refractivity contribution in [1.29, 1.82) is 0 Å². The quantitative estimate of drug-likeness (QED) is 0.707. The first-order chi connectivity index (χ1) is 12.3. The normalized spacial score (nSPS) is 15.5. The minimum Gasteiger partial charge on any atom is -0.355 e. The van der Waals surface area contributed by atoms with E-state index in [9.17, 15) is 4.79 Å². The van der Waals surface area contributed by atoms with E-state index in [1.165, 1.54) is 0 Å². The molecule has 136 valence electrons. The summed E-state index contributed by atoms with van der Waals surface area (Å²) in [6.45, 7) is 8.61.